The first-order valence-electron chi connectivity index (χ1n) is 6.06. The minimum atomic E-state index is 0.349. The molecule has 0 saturated carbocycles. The van der Waals surface area contributed by atoms with Crippen LogP contribution in [0.25, 0.3) is 0 Å². The molecule has 2 atom stereocenters. The number of ether oxygens (including phenoxy) is 1. The van der Waals surface area contributed by atoms with Crippen molar-refractivity contribution in [1.82, 2.24) is 5.43 Å². The van der Waals surface area contributed by atoms with Gasteiger partial charge < -0.3 is 4.74 Å². The Morgan fingerprint density at radius 2 is 2.18 bits per heavy atom. The predicted octanol–water partition coefficient (Wildman–Crippen LogP) is 2.09. The second-order valence-corrected chi connectivity index (χ2v) is 5.91. The van der Waals surface area contributed by atoms with Gasteiger partial charge in [-0.2, -0.15) is 0 Å². The van der Waals surface area contributed by atoms with Crippen LogP contribution in [0.2, 0.25) is 0 Å². The zero-order valence-electron chi connectivity index (χ0n) is 9.86. The van der Waals surface area contributed by atoms with Crippen molar-refractivity contribution in [2.75, 3.05) is 13.2 Å². The molecule has 0 spiro atoms. The third kappa shape index (κ3) is 4.21. The molecular formula is C13H19IN2O. The van der Waals surface area contributed by atoms with Crippen LogP contribution in [-0.2, 0) is 11.2 Å². The largest absolute Gasteiger partial charge is 0.381 e. The maximum Gasteiger partial charge on any atom is 0.0495 e. The van der Waals surface area contributed by atoms with Crippen LogP contribution in [0.15, 0.2) is 24.3 Å². The highest BCUT2D eigenvalue weighted by Gasteiger charge is 2.20. The van der Waals surface area contributed by atoms with Gasteiger partial charge in [0.2, 0.25) is 0 Å². The number of benzene rings is 1. The van der Waals surface area contributed by atoms with E-state index in [1.807, 2.05) is 0 Å². The molecule has 17 heavy (non-hydrogen) atoms. The van der Waals surface area contributed by atoms with Crippen molar-refractivity contribution in [3.8, 4) is 0 Å². The molecule has 1 aromatic carbocycles. The van der Waals surface area contributed by atoms with Gasteiger partial charge in [-0.25, -0.2) is 0 Å². The fourth-order valence-electron chi connectivity index (χ4n) is 2.29. The van der Waals surface area contributed by atoms with Gasteiger partial charge in [0.15, 0.2) is 0 Å². The van der Waals surface area contributed by atoms with Crippen molar-refractivity contribution >= 4 is 22.6 Å². The van der Waals surface area contributed by atoms with E-state index in [1.165, 1.54) is 15.6 Å². The Morgan fingerprint density at radius 3 is 2.76 bits per heavy atom. The molecule has 0 radical (unpaired) electrons. The SMILES string of the molecule is NNC(Cc1ccc(I)cc1)CC1CCOC1. The summed E-state index contributed by atoms with van der Waals surface area (Å²) in [5.41, 5.74) is 4.27. The Hall–Kier alpha value is -0.170. The van der Waals surface area contributed by atoms with Crippen molar-refractivity contribution in [3.63, 3.8) is 0 Å². The molecule has 1 heterocycles. The van der Waals surface area contributed by atoms with Crippen molar-refractivity contribution in [2.24, 2.45) is 11.8 Å². The Labute approximate surface area is 116 Å². The molecule has 0 amide bonds. The summed E-state index contributed by atoms with van der Waals surface area (Å²) in [5.74, 6) is 6.30. The summed E-state index contributed by atoms with van der Waals surface area (Å²) in [7, 11) is 0. The van der Waals surface area contributed by atoms with Crippen LogP contribution in [0, 0.1) is 9.49 Å². The average molecular weight is 346 g/mol. The maximum absolute atomic E-state index is 5.64. The van der Waals surface area contributed by atoms with Gasteiger partial charge in [0, 0.05) is 22.8 Å². The fraction of sp³-hybridized carbons (Fsp3) is 0.538. The van der Waals surface area contributed by atoms with Gasteiger partial charge in [0.25, 0.3) is 0 Å². The van der Waals surface area contributed by atoms with Crippen LogP contribution in [0.3, 0.4) is 0 Å². The molecule has 3 nitrogen and oxygen atoms in total. The lowest BCUT2D eigenvalue weighted by Crippen LogP contribution is -2.38. The number of nitrogens with one attached hydrogen (secondary N) is 1. The number of hydrazine groups is 1. The van der Waals surface area contributed by atoms with Crippen LogP contribution >= 0.6 is 22.6 Å². The van der Waals surface area contributed by atoms with Gasteiger partial charge in [-0.05, 0) is 65.5 Å². The normalized spacial score (nSPS) is 21.6. The lowest BCUT2D eigenvalue weighted by molar-refractivity contribution is 0.181. The molecule has 1 aliphatic heterocycles. The first-order chi connectivity index (χ1) is 8.28. The van der Waals surface area contributed by atoms with Gasteiger partial charge in [0.05, 0.1) is 0 Å². The van der Waals surface area contributed by atoms with E-state index < -0.39 is 0 Å². The summed E-state index contributed by atoms with van der Waals surface area (Å²) < 4.78 is 6.67. The van der Waals surface area contributed by atoms with Gasteiger partial charge in [-0.1, -0.05) is 12.1 Å². The van der Waals surface area contributed by atoms with E-state index in [0.29, 0.717) is 12.0 Å². The third-order valence-electron chi connectivity index (χ3n) is 3.27. The third-order valence-corrected chi connectivity index (χ3v) is 3.99. The summed E-state index contributed by atoms with van der Waals surface area (Å²) in [6.45, 7) is 1.80. The Balaban J connectivity index is 1.87. The lowest BCUT2D eigenvalue weighted by atomic mass is 9.95. The van der Waals surface area contributed by atoms with Gasteiger partial charge in [0.1, 0.15) is 0 Å². The first kappa shape index (κ1) is 13.3. The lowest BCUT2D eigenvalue weighted by Gasteiger charge is -2.19. The van der Waals surface area contributed by atoms with Gasteiger partial charge in [-0.15, -0.1) is 0 Å². The van der Waals surface area contributed by atoms with Crippen molar-refractivity contribution < 1.29 is 4.74 Å². The number of halogens is 1. The summed E-state index contributed by atoms with van der Waals surface area (Å²) >= 11 is 2.32. The number of hydrogen-bond donors (Lipinski definition) is 2. The minimum Gasteiger partial charge on any atom is -0.381 e. The van der Waals surface area contributed by atoms with E-state index in [2.05, 4.69) is 52.3 Å². The van der Waals surface area contributed by atoms with Crippen LogP contribution in [0.5, 0.6) is 0 Å². The van der Waals surface area contributed by atoms with Crippen LogP contribution in [-0.4, -0.2) is 19.3 Å². The molecule has 0 aromatic heterocycles. The zero-order chi connectivity index (χ0) is 12.1. The number of nitrogens with two attached hydrogens (primary N) is 1. The van der Waals surface area contributed by atoms with Crippen LogP contribution in [0.4, 0.5) is 0 Å². The highest BCUT2D eigenvalue weighted by atomic mass is 127. The Bertz CT molecular complexity index is 336. The molecule has 94 valence electrons. The maximum atomic E-state index is 5.64. The molecule has 3 N–H and O–H groups in total. The summed E-state index contributed by atoms with van der Waals surface area (Å²) in [4.78, 5) is 0. The smallest absolute Gasteiger partial charge is 0.0495 e. The Kier molecular flexibility index (Phi) is 5.21. The molecule has 2 rings (SSSR count). The monoisotopic (exact) mass is 346 g/mol. The molecule has 2 unspecified atom stereocenters. The highest BCUT2D eigenvalue weighted by molar-refractivity contribution is 14.1. The Morgan fingerprint density at radius 1 is 1.41 bits per heavy atom. The van der Waals surface area contributed by atoms with E-state index in [9.17, 15) is 0 Å². The number of hydrogen-bond acceptors (Lipinski definition) is 3. The molecule has 1 fully saturated rings. The molecule has 1 aliphatic rings. The number of rotatable bonds is 5. The van der Waals surface area contributed by atoms with E-state index >= 15 is 0 Å². The van der Waals surface area contributed by atoms with Crippen LogP contribution in [0.1, 0.15) is 18.4 Å². The highest BCUT2D eigenvalue weighted by Crippen LogP contribution is 2.20. The molecular weight excluding hydrogens is 327 g/mol. The second-order valence-electron chi connectivity index (χ2n) is 4.66. The van der Waals surface area contributed by atoms with Crippen molar-refractivity contribution in [1.29, 1.82) is 0 Å². The first-order valence-corrected chi connectivity index (χ1v) is 7.14. The fourth-order valence-corrected chi connectivity index (χ4v) is 2.65. The summed E-state index contributed by atoms with van der Waals surface area (Å²) in [6, 6.07) is 8.99. The van der Waals surface area contributed by atoms with E-state index in [-0.39, 0.29) is 0 Å². The van der Waals surface area contributed by atoms with Crippen molar-refractivity contribution in [3.05, 3.63) is 33.4 Å². The predicted molar refractivity (Wildman–Crippen MR) is 77.5 cm³/mol. The zero-order valence-corrected chi connectivity index (χ0v) is 12.0. The van der Waals surface area contributed by atoms with Crippen LogP contribution < -0.4 is 11.3 Å². The summed E-state index contributed by atoms with van der Waals surface area (Å²) in [5, 5.41) is 0. The van der Waals surface area contributed by atoms with Crippen molar-refractivity contribution in [2.45, 2.75) is 25.3 Å². The topological polar surface area (TPSA) is 47.3 Å². The molecule has 1 saturated heterocycles. The average Bonchev–Trinajstić information content (AvgIpc) is 2.84. The molecule has 0 bridgehead atoms. The quantitative estimate of drug-likeness (QED) is 0.488. The van der Waals surface area contributed by atoms with E-state index in [1.54, 1.807) is 0 Å². The molecule has 1 aromatic rings. The second kappa shape index (κ2) is 6.68. The van der Waals surface area contributed by atoms with E-state index in [0.717, 1.165) is 26.1 Å². The summed E-state index contributed by atoms with van der Waals surface area (Å²) in [6.07, 6.45) is 3.26. The standard InChI is InChI=1S/C13H19IN2O/c14-12-3-1-10(2-4-12)7-13(16-15)8-11-5-6-17-9-11/h1-4,11,13,16H,5-9,15H2. The minimum absolute atomic E-state index is 0.349. The van der Waals surface area contributed by atoms with Gasteiger partial charge >= 0.3 is 0 Å². The van der Waals surface area contributed by atoms with Gasteiger partial charge in [-0.3, -0.25) is 11.3 Å². The van der Waals surface area contributed by atoms with E-state index in [4.69, 9.17) is 10.6 Å². The molecule has 4 heteroatoms. The molecule has 0 aliphatic carbocycles.